The lowest BCUT2D eigenvalue weighted by Crippen LogP contribution is -2.23. The number of fused-ring (bicyclic) bond motifs is 3. The third-order valence-corrected chi connectivity index (χ3v) is 4.87. The van der Waals surface area contributed by atoms with E-state index in [1.807, 2.05) is 24.3 Å². The van der Waals surface area contributed by atoms with E-state index in [0.29, 0.717) is 29.6 Å². The van der Waals surface area contributed by atoms with Gasteiger partial charge in [0.1, 0.15) is 11.3 Å². The summed E-state index contributed by atoms with van der Waals surface area (Å²) in [5.74, 6) is 0.275. The second-order valence-electron chi connectivity index (χ2n) is 6.40. The third-order valence-electron chi connectivity index (χ3n) is 4.87. The van der Waals surface area contributed by atoms with Gasteiger partial charge in [0.2, 0.25) is 0 Å². The Morgan fingerprint density at radius 2 is 2.07 bits per heavy atom. The van der Waals surface area contributed by atoms with E-state index in [1.54, 1.807) is 18.5 Å². The van der Waals surface area contributed by atoms with Crippen LogP contribution >= 0.6 is 0 Å². The molecular formula is C20H19N3O4. The van der Waals surface area contributed by atoms with Crippen molar-refractivity contribution in [3.8, 4) is 5.75 Å². The Bertz CT molecular complexity index is 1040. The van der Waals surface area contributed by atoms with Crippen LogP contribution in [-0.4, -0.2) is 40.1 Å². The molecule has 0 amide bonds. The molecule has 1 atom stereocenters. The Morgan fingerprint density at radius 1 is 1.26 bits per heavy atom. The summed E-state index contributed by atoms with van der Waals surface area (Å²) in [6, 6.07) is 7.71. The van der Waals surface area contributed by atoms with Crippen LogP contribution in [0.25, 0.3) is 5.65 Å². The summed E-state index contributed by atoms with van der Waals surface area (Å²) < 4.78 is 12.1. The Kier molecular flexibility index (Phi) is 4.35. The smallest absolute Gasteiger partial charge is 0.343 e. The standard InChI is InChI=1S/C20H19N3O4/c1-3-27-20(25)15-11-22-23-16-8-12(13-6-4-5-7-18(13)26-2)9-17(24)14(16)10-21-19(15)23/h4-7,10-12H,3,8-9H2,1-2H3. The first-order valence-corrected chi connectivity index (χ1v) is 8.82. The largest absolute Gasteiger partial charge is 0.496 e. The van der Waals surface area contributed by atoms with Crippen molar-refractivity contribution in [1.29, 1.82) is 0 Å². The van der Waals surface area contributed by atoms with Gasteiger partial charge in [-0.2, -0.15) is 5.10 Å². The molecule has 0 aliphatic heterocycles. The maximum absolute atomic E-state index is 12.7. The van der Waals surface area contributed by atoms with Crippen LogP contribution < -0.4 is 4.74 Å². The molecule has 2 aromatic heterocycles. The van der Waals surface area contributed by atoms with Crippen LogP contribution in [0.2, 0.25) is 0 Å². The summed E-state index contributed by atoms with van der Waals surface area (Å²) in [6.45, 7) is 2.02. The van der Waals surface area contributed by atoms with Crippen molar-refractivity contribution < 1.29 is 19.1 Å². The fourth-order valence-electron chi connectivity index (χ4n) is 3.62. The number of methoxy groups -OCH3 is 1. The molecule has 0 fully saturated rings. The van der Waals surface area contributed by atoms with E-state index < -0.39 is 5.97 Å². The lowest BCUT2D eigenvalue weighted by Gasteiger charge is -2.25. The highest BCUT2D eigenvalue weighted by molar-refractivity contribution is 6.00. The van der Waals surface area contributed by atoms with Crippen molar-refractivity contribution in [1.82, 2.24) is 14.6 Å². The maximum atomic E-state index is 12.7. The normalized spacial score (nSPS) is 16.2. The molecule has 7 heteroatoms. The number of hydrogen-bond donors (Lipinski definition) is 0. The van der Waals surface area contributed by atoms with E-state index >= 15 is 0 Å². The second kappa shape index (κ2) is 6.83. The van der Waals surface area contributed by atoms with Crippen LogP contribution in [0.1, 0.15) is 51.2 Å². The molecule has 1 unspecified atom stereocenters. The van der Waals surface area contributed by atoms with Crippen molar-refractivity contribution in [2.75, 3.05) is 13.7 Å². The van der Waals surface area contributed by atoms with Crippen LogP contribution in [0.4, 0.5) is 0 Å². The van der Waals surface area contributed by atoms with Crippen LogP contribution in [0.5, 0.6) is 5.75 Å². The number of carbonyl (C=O) groups excluding carboxylic acids is 2. The average Bonchev–Trinajstić information content (AvgIpc) is 3.12. The highest BCUT2D eigenvalue weighted by Gasteiger charge is 2.31. The first-order chi connectivity index (χ1) is 13.1. The van der Waals surface area contributed by atoms with Crippen molar-refractivity contribution in [3.05, 3.63) is 59.0 Å². The minimum absolute atomic E-state index is 0.00902. The zero-order valence-corrected chi connectivity index (χ0v) is 15.1. The van der Waals surface area contributed by atoms with Gasteiger partial charge in [-0.15, -0.1) is 0 Å². The number of benzene rings is 1. The number of hydrogen-bond acceptors (Lipinski definition) is 6. The SMILES string of the molecule is CCOC(=O)c1cnn2c3c(cnc12)C(=O)CC(c1ccccc1OC)C3. The minimum atomic E-state index is -0.469. The fourth-order valence-corrected chi connectivity index (χ4v) is 3.62. The molecule has 4 rings (SSSR count). The molecule has 0 spiro atoms. The van der Waals surface area contributed by atoms with Gasteiger partial charge in [-0.25, -0.2) is 14.3 Å². The number of aromatic nitrogens is 3. The van der Waals surface area contributed by atoms with Crippen LogP contribution in [0.15, 0.2) is 36.7 Å². The van der Waals surface area contributed by atoms with Gasteiger partial charge in [0.15, 0.2) is 11.4 Å². The van der Waals surface area contributed by atoms with Gasteiger partial charge in [0.05, 0.1) is 31.2 Å². The number of carbonyl (C=O) groups is 2. The Labute approximate surface area is 155 Å². The van der Waals surface area contributed by atoms with E-state index in [4.69, 9.17) is 9.47 Å². The molecule has 0 radical (unpaired) electrons. The van der Waals surface area contributed by atoms with E-state index in [1.165, 1.54) is 12.4 Å². The number of rotatable bonds is 4. The first-order valence-electron chi connectivity index (χ1n) is 8.82. The van der Waals surface area contributed by atoms with Gasteiger partial charge < -0.3 is 9.47 Å². The maximum Gasteiger partial charge on any atom is 0.343 e. The Balaban J connectivity index is 1.80. The lowest BCUT2D eigenvalue weighted by atomic mass is 9.81. The van der Waals surface area contributed by atoms with Crippen molar-refractivity contribution in [2.24, 2.45) is 0 Å². The predicted molar refractivity (Wildman–Crippen MR) is 97.3 cm³/mol. The number of para-hydroxylation sites is 1. The molecule has 0 saturated heterocycles. The van der Waals surface area contributed by atoms with Gasteiger partial charge in [-0.05, 0) is 25.0 Å². The molecule has 1 aliphatic rings. The molecule has 1 aliphatic carbocycles. The van der Waals surface area contributed by atoms with Gasteiger partial charge >= 0.3 is 5.97 Å². The number of esters is 1. The van der Waals surface area contributed by atoms with Gasteiger partial charge in [0.25, 0.3) is 0 Å². The monoisotopic (exact) mass is 365 g/mol. The summed E-state index contributed by atoms with van der Waals surface area (Å²) in [5, 5.41) is 4.31. The molecule has 138 valence electrons. The van der Waals surface area contributed by atoms with Crippen LogP contribution in [0, 0.1) is 0 Å². The zero-order chi connectivity index (χ0) is 19.0. The van der Waals surface area contributed by atoms with Crippen LogP contribution in [-0.2, 0) is 11.2 Å². The van der Waals surface area contributed by atoms with Gasteiger partial charge in [0, 0.05) is 18.5 Å². The zero-order valence-electron chi connectivity index (χ0n) is 15.1. The summed E-state index contributed by atoms with van der Waals surface area (Å²) in [5.41, 5.74) is 2.99. The number of ether oxygens (including phenoxy) is 2. The van der Waals surface area contributed by atoms with Gasteiger partial charge in [-0.3, -0.25) is 4.79 Å². The van der Waals surface area contributed by atoms with E-state index in [0.717, 1.165) is 17.0 Å². The quantitative estimate of drug-likeness (QED) is 0.661. The van der Waals surface area contributed by atoms with Crippen LogP contribution in [0.3, 0.4) is 0 Å². The molecule has 0 saturated carbocycles. The third kappa shape index (κ3) is 2.85. The van der Waals surface area contributed by atoms with Crippen molar-refractivity contribution >= 4 is 17.4 Å². The predicted octanol–water partition coefficient (Wildman–Crippen LogP) is 2.83. The first kappa shape index (κ1) is 17.2. The molecule has 3 aromatic rings. The fraction of sp³-hybridized carbons (Fsp3) is 0.300. The summed E-state index contributed by atoms with van der Waals surface area (Å²) in [4.78, 5) is 29.2. The molecule has 1 aromatic carbocycles. The summed E-state index contributed by atoms with van der Waals surface area (Å²) >= 11 is 0. The van der Waals surface area contributed by atoms with Gasteiger partial charge in [-0.1, -0.05) is 18.2 Å². The van der Waals surface area contributed by atoms with E-state index in [9.17, 15) is 9.59 Å². The van der Waals surface area contributed by atoms with E-state index in [2.05, 4.69) is 10.1 Å². The Hall–Kier alpha value is -3.22. The number of nitrogens with zero attached hydrogens (tertiary/aromatic N) is 3. The molecule has 7 nitrogen and oxygen atoms in total. The van der Waals surface area contributed by atoms with E-state index in [-0.39, 0.29) is 18.3 Å². The number of Topliss-reactive ketones (excluding diaryl/α,β-unsaturated/α-hetero) is 1. The minimum Gasteiger partial charge on any atom is -0.496 e. The molecule has 0 bridgehead atoms. The molecule has 0 N–H and O–H groups in total. The van der Waals surface area contributed by atoms with Crippen molar-refractivity contribution in [3.63, 3.8) is 0 Å². The topological polar surface area (TPSA) is 82.8 Å². The molecule has 2 heterocycles. The molecule has 27 heavy (non-hydrogen) atoms. The Morgan fingerprint density at radius 3 is 2.85 bits per heavy atom. The molecular weight excluding hydrogens is 346 g/mol. The lowest BCUT2D eigenvalue weighted by molar-refractivity contribution is 0.0528. The summed E-state index contributed by atoms with van der Waals surface area (Å²) in [6.07, 6.45) is 3.96. The second-order valence-corrected chi connectivity index (χ2v) is 6.40. The highest BCUT2D eigenvalue weighted by Crippen LogP contribution is 2.36. The summed E-state index contributed by atoms with van der Waals surface area (Å²) in [7, 11) is 1.62. The number of ketones is 1. The average molecular weight is 365 g/mol. The highest BCUT2D eigenvalue weighted by atomic mass is 16.5. The van der Waals surface area contributed by atoms with Crippen molar-refractivity contribution in [2.45, 2.75) is 25.7 Å².